The molecule has 1 aliphatic rings. The lowest BCUT2D eigenvalue weighted by atomic mass is 10.0. The Labute approximate surface area is 149 Å². The molecule has 1 heterocycles. The van der Waals surface area contributed by atoms with E-state index in [2.05, 4.69) is 4.99 Å². The fourth-order valence-corrected chi connectivity index (χ4v) is 3.86. The highest BCUT2D eigenvalue weighted by Gasteiger charge is 2.42. The summed E-state index contributed by atoms with van der Waals surface area (Å²) in [4.78, 5) is 18.9. The molecule has 1 aliphatic heterocycles. The van der Waals surface area contributed by atoms with Crippen molar-refractivity contribution in [3.05, 3.63) is 71.3 Å². The monoisotopic (exact) mass is 360 g/mol. The van der Waals surface area contributed by atoms with Crippen molar-refractivity contribution in [2.24, 2.45) is 4.99 Å². The van der Waals surface area contributed by atoms with E-state index >= 15 is 0 Å². The third-order valence-corrected chi connectivity index (χ3v) is 5.38. The first-order valence-corrected chi connectivity index (χ1v) is 8.88. The van der Waals surface area contributed by atoms with Crippen molar-refractivity contribution < 1.29 is 13.6 Å². The van der Waals surface area contributed by atoms with Crippen molar-refractivity contribution in [1.82, 2.24) is 4.90 Å². The van der Waals surface area contributed by atoms with Crippen molar-refractivity contribution in [1.29, 1.82) is 0 Å². The Balaban J connectivity index is 1.91. The quantitative estimate of drug-likeness (QED) is 0.808. The molecule has 1 saturated heterocycles. The maximum absolute atomic E-state index is 14.0. The van der Waals surface area contributed by atoms with Gasteiger partial charge in [-0.2, -0.15) is 0 Å². The molecule has 6 heteroatoms. The van der Waals surface area contributed by atoms with Crippen LogP contribution in [0.25, 0.3) is 0 Å². The van der Waals surface area contributed by atoms with Crippen LogP contribution in [0.2, 0.25) is 0 Å². The van der Waals surface area contributed by atoms with Gasteiger partial charge in [-0.25, -0.2) is 8.78 Å². The number of hydrogen-bond acceptors (Lipinski definition) is 3. The van der Waals surface area contributed by atoms with Gasteiger partial charge in [0, 0.05) is 11.8 Å². The fourth-order valence-electron chi connectivity index (χ4n) is 2.63. The Kier molecular flexibility index (Phi) is 4.90. The van der Waals surface area contributed by atoms with E-state index < -0.39 is 23.1 Å². The van der Waals surface area contributed by atoms with Crippen LogP contribution in [0.1, 0.15) is 29.8 Å². The Morgan fingerprint density at radius 1 is 1.20 bits per heavy atom. The van der Waals surface area contributed by atoms with Gasteiger partial charge in [-0.1, -0.05) is 42.1 Å². The summed E-state index contributed by atoms with van der Waals surface area (Å²) >= 11 is 1.47. The lowest BCUT2D eigenvalue weighted by Gasteiger charge is -2.30. The molecule has 0 N–H and O–H groups in total. The molecule has 0 bridgehead atoms. The third-order valence-electron chi connectivity index (χ3n) is 3.96. The zero-order valence-corrected chi connectivity index (χ0v) is 14.8. The summed E-state index contributed by atoms with van der Waals surface area (Å²) in [6.45, 7) is 4.25. The average Bonchev–Trinajstić information content (AvgIpc) is 2.88. The van der Waals surface area contributed by atoms with Crippen molar-refractivity contribution in [2.75, 3.05) is 5.75 Å². The number of halogens is 2. The first kappa shape index (κ1) is 17.6. The van der Waals surface area contributed by atoms with E-state index in [-0.39, 0.29) is 5.56 Å². The van der Waals surface area contributed by atoms with Gasteiger partial charge < -0.3 is 0 Å². The maximum atomic E-state index is 14.0. The first-order chi connectivity index (χ1) is 11.9. The minimum atomic E-state index is -0.861. The Hall–Kier alpha value is -2.21. The van der Waals surface area contributed by atoms with Crippen LogP contribution < -0.4 is 0 Å². The number of benzene rings is 2. The number of amides is 1. The van der Waals surface area contributed by atoms with Crippen LogP contribution in [0.3, 0.4) is 0 Å². The molecule has 2 aromatic carbocycles. The number of carbonyl (C=O) groups is 1. The molecule has 0 aromatic heterocycles. The SMILES string of the molecule is CC1(C)CSC(=NCc2ccccc2)N1C(=O)c1ccc(F)cc1F. The number of amidine groups is 1. The van der Waals surface area contributed by atoms with Crippen LogP contribution >= 0.6 is 11.8 Å². The normalized spacial score (nSPS) is 17.9. The molecule has 130 valence electrons. The molecule has 2 aromatic rings. The summed E-state index contributed by atoms with van der Waals surface area (Å²) in [6.07, 6.45) is 0. The van der Waals surface area contributed by atoms with Crippen molar-refractivity contribution >= 4 is 22.8 Å². The Morgan fingerprint density at radius 2 is 1.92 bits per heavy atom. The standard InChI is InChI=1S/C19H18F2N2OS/c1-19(2)12-25-18(22-11-13-6-4-3-5-7-13)23(19)17(24)15-9-8-14(20)10-16(15)21/h3-10H,11-12H2,1-2H3. The number of thioether (sulfide) groups is 1. The van der Waals surface area contributed by atoms with Crippen LogP contribution in [-0.4, -0.2) is 27.3 Å². The zero-order chi connectivity index (χ0) is 18.0. The van der Waals surface area contributed by atoms with Gasteiger partial charge in [0.05, 0.1) is 17.6 Å². The zero-order valence-electron chi connectivity index (χ0n) is 14.0. The second-order valence-corrected chi connectivity index (χ2v) is 7.39. The number of nitrogens with zero attached hydrogens (tertiary/aromatic N) is 2. The predicted octanol–water partition coefficient (Wildman–Crippen LogP) is 4.49. The van der Waals surface area contributed by atoms with Gasteiger partial charge in [-0.05, 0) is 31.5 Å². The molecule has 0 spiro atoms. The molecule has 0 aliphatic carbocycles. The topological polar surface area (TPSA) is 32.7 Å². The lowest BCUT2D eigenvalue weighted by Crippen LogP contribution is -2.46. The van der Waals surface area contributed by atoms with Crippen LogP contribution in [0.5, 0.6) is 0 Å². The van der Waals surface area contributed by atoms with Crippen LogP contribution in [-0.2, 0) is 6.54 Å². The molecule has 3 rings (SSSR count). The molecular formula is C19H18F2N2OS. The van der Waals surface area contributed by atoms with Gasteiger partial charge in [-0.15, -0.1) is 0 Å². The molecule has 3 nitrogen and oxygen atoms in total. The van der Waals surface area contributed by atoms with Crippen molar-refractivity contribution in [3.8, 4) is 0 Å². The number of hydrogen-bond donors (Lipinski definition) is 0. The molecule has 0 saturated carbocycles. The molecule has 1 fully saturated rings. The molecular weight excluding hydrogens is 342 g/mol. The average molecular weight is 360 g/mol. The Bertz CT molecular complexity index is 821. The van der Waals surface area contributed by atoms with E-state index in [9.17, 15) is 13.6 Å². The molecule has 25 heavy (non-hydrogen) atoms. The highest BCUT2D eigenvalue weighted by Crippen LogP contribution is 2.34. The lowest BCUT2D eigenvalue weighted by molar-refractivity contribution is 0.0762. The minimum Gasteiger partial charge on any atom is -0.281 e. The summed E-state index contributed by atoms with van der Waals surface area (Å²) in [6, 6.07) is 12.7. The van der Waals surface area contributed by atoms with Gasteiger partial charge >= 0.3 is 0 Å². The summed E-state index contributed by atoms with van der Waals surface area (Å²) < 4.78 is 27.2. The van der Waals surface area contributed by atoms with Crippen molar-refractivity contribution in [2.45, 2.75) is 25.9 Å². The van der Waals surface area contributed by atoms with Crippen molar-refractivity contribution in [3.63, 3.8) is 0 Å². The largest absolute Gasteiger partial charge is 0.281 e. The second kappa shape index (κ2) is 6.96. The van der Waals surface area contributed by atoms with E-state index in [0.29, 0.717) is 17.5 Å². The molecule has 0 atom stereocenters. The number of rotatable bonds is 3. The molecule has 1 amide bonds. The van der Waals surface area contributed by atoms with Crippen LogP contribution in [0, 0.1) is 11.6 Å². The summed E-state index contributed by atoms with van der Waals surface area (Å²) in [7, 11) is 0. The molecule has 0 radical (unpaired) electrons. The van der Waals surface area contributed by atoms with Crippen LogP contribution in [0.15, 0.2) is 53.5 Å². The van der Waals surface area contributed by atoms with E-state index in [1.165, 1.54) is 22.7 Å². The Morgan fingerprint density at radius 3 is 2.60 bits per heavy atom. The van der Waals surface area contributed by atoms with Gasteiger partial charge in [0.2, 0.25) is 0 Å². The van der Waals surface area contributed by atoms with Gasteiger partial charge in [-0.3, -0.25) is 14.7 Å². The van der Waals surface area contributed by atoms with E-state index in [4.69, 9.17) is 0 Å². The van der Waals surface area contributed by atoms with Crippen LogP contribution in [0.4, 0.5) is 8.78 Å². The molecule has 0 unspecified atom stereocenters. The second-order valence-electron chi connectivity index (χ2n) is 6.45. The fraction of sp³-hybridized carbons (Fsp3) is 0.263. The number of carbonyl (C=O) groups excluding carboxylic acids is 1. The summed E-state index contributed by atoms with van der Waals surface area (Å²) in [5.41, 5.74) is 0.378. The van der Waals surface area contributed by atoms with E-state index in [0.717, 1.165) is 17.7 Å². The minimum absolute atomic E-state index is 0.149. The highest BCUT2D eigenvalue weighted by atomic mass is 32.2. The third kappa shape index (κ3) is 3.74. The predicted molar refractivity (Wildman–Crippen MR) is 96.6 cm³/mol. The first-order valence-electron chi connectivity index (χ1n) is 7.89. The maximum Gasteiger partial charge on any atom is 0.263 e. The van der Waals surface area contributed by atoms with E-state index in [1.807, 2.05) is 44.2 Å². The van der Waals surface area contributed by atoms with Gasteiger partial charge in [0.15, 0.2) is 5.17 Å². The highest BCUT2D eigenvalue weighted by molar-refractivity contribution is 8.14. The smallest absolute Gasteiger partial charge is 0.263 e. The van der Waals surface area contributed by atoms with Gasteiger partial charge in [0.1, 0.15) is 11.6 Å². The number of aliphatic imine (C=N–C) groups is 1. The summed E-state index contributed by atoms with van der Waals surface area (Å²) in [5, 5.41) is 0.558. The van der Waals surface area contributed by atoms with E-state index in [1.54, 1.807) is 0 Å². The van der Waals surface area contributed by atoms with Gasteiger partial charge in [0.25, 0.3) is 5.91 Å². The summed E-state index contributed by atoms with van der Waals surface area (Å²) in [5.74, 6) is -1.41.